The van der Waals surface area contributed by atoms with Crippen molar-refractivity contribution < 1.29 is 4.79 Å². The molecule has 1 unspecified atom stereocenters. The van der Waals surface area contributed by atoms with Gasteiger partial charge in [-0.05, 0) is 29.8 Å². The summed E-state index contributed by atoms with van der Waals surface area (Å²) < 4.78 is 0. The van der Waals surface area contributed by atoms with E-state index < -0.39 is 0 Å². The quantitative estimate of drug-likeness (QED) is 0.761. The lowest BCUT2D eigenvalue weighted by atomic mass is 9.95. The number of imidazole rings is 1. The number of hydrogen-bond acceptors (Lipinski definition) is 4. The maximum atomic E-state index is 11.2. The molecule has 0 saturated heterocycles. The number of pyridine rings is 1. The SMILES string of the molecule is CC(=O)Nc1ccc(C2c3nc[nH]c3CCN2Cc2ccccn2)cc1. The van der Waals surface area contributed by atoms with Gasteiger partial charge in [0.05, 0.1) is 23.8 Å². The highest BCUT2D eigenvalue weighted by atomic mass is 16.1. The van der Waals surface area contributed by atoms with Crippen molar-refractivity contribution in [2.24, 2.45) is 0 Å². The second-order valence-electron chi connectivity index (χ2n) is 6.51. The van der Waals surface area contributed by atoms with Crippen molar-refractivity contribution in [2.75, 3.05) is 11.9 Å². The van der Waals surface area contributed by atoms with Gasteiger partial charge in [-0.3, -0.25) is 14.7 Å². The number of amides is 1. The first-order valence-corrected chi connectivity index (χ1v) is 8.74. The zero-order chi connectivity index (χ0) is 17.9. The van der Waals surface area contributed by atoms with Gasteiger partial charge in [0.15, 0.2) is 0 Å². The zero-order valence-corrected chi connectivity index (χ0v) is 14.6. The van der Waals surface area contributed by atoms with Crippen LogP contribution in [-0.4, -0.2) is 32.3 Å². The first-order valence-electron chi connectivity index (χ1n) is 8.74. The predicted molar refractivity (Wildman–Crippen MR) is 99.5 cm³/mol. The normalized spacial score (nSPS) is 16.9. The van der Waals surface area contributed by atoms with Crippen LogP contribution >= 0.6 is 0 Å². The molecule has 0 bridgehead atoms. The molecule has 0 saturated carbocycles. The summed E-state index contributed by atoms with van der Waals surface area (Å²) in [6, 6.07) is 14.1. The first-order chi connectivity index (χ1) is 12.7. The third kappa shape index (κ3) is 3.36. The summed E-state index contributed by atoms with van der Waals surface area (Å²) >= 11 is 0. The van der Waals surface area contributed by atoms with Gasteiger partial charge in [-0.1, -0.05) is 18.2 Å². The number of carbonyl (C=O) groups excluding carboxylic acids is 1. The Balaban J connectivity index is 1.66. The molecule has 0 radical (unpaired) electrons. The molecule has 4 rings (SSSR count). The maximum Gasteiger partial charge on any atom is 0.221 e. The molecular weight excluding hydrogens is 326 g/mol. The summed E-state index contributed by atoms with van der Waals surface area (Å²) in [5.74, 6) is -0.0678. The third-order valence-corrected chi connectivity index (χ3v) is 4.66. The second kappa shape index (κ2) is 7.09. The number of carbonyl (C=O) groups is 1. The molecule has 1 amide bonds. The molecule has 3 heterocycles. The van der Waals surface area contributed by atoms with E-state index in [1.165, 1.54) is 12.6 Å². The third-order valence-electron chi connectivity index (χ3n) is 4.66. The maximum absolute atomic E-state index is 11.2. The summed E-state index contributed by atoms with van der Waals surface area (Å²) in [7, 11) is 0. The Labute approximate surface area is 152 Å². The fourth-order valence-corrected chi connectivity index (χ4v) is 3.52. The number of H-pyrrole nitrogens is 1. The molecular formula is C20H21N5O. The van der Waals surface area contributed by atoms with E-state index in [9.17, 15) is 4.79 Å². The molecule has 1 atom stereocenters. The minimum Gasteiger partial charge on any atom is -0.348 e. The van der Waals surface area contributed by atoms with Crippen molar-refractivity contribution in [3.63, 3.8) is 0 Å². The molecule has 26 heavy (non-hydrogen) atoms. The molecule has 2 N–H and O–H groups in total. The van der Waals surface area contributed by atoms with Crippen molar-refractivity contribution in [3.05, 3.63) is 77.6 Å². The van der Waals surface area contributed by atoms with Gasteiger partial charge in [0, 0.05) is 44.0 Å². The Kier molecular flexibility index (Phi) is 4.50. The second-order valence-corrected chi connectivity index (χ2v) is 6.51. The van der Waals surface area contributed by atoms with E-state index in [0.29, 0.717) is 0 Å². The van der Waals surface area contributed by atoms with Gasteiger partial charge in [-0.2, -0.15) is 0 Å². The summed E-state index contributed by atoms with van der Waals surface area (Å²) in [5.41, 5.74) is 5.27. The molecule has 6 nitrogen and oxygen atoms in total. The lowest BCUT2D eigenvalue weighted by molar-refractivity contribution is -0.114. The van der Waals surface area contributed by atoms with E-state index >= 15 is 0 Å². The fourth-order valence-electron chi connectivity index (χ4n) is 3.52. The van der Waals surface area contributed by atoms with Crippen LogP contribution in [0.1, 0.15) is 35.6 Å². The Morgan fingerprint density at radius 3 is 2.81 bits per heavy atom. The fraction of sp³-hybridized carbons (Fsp3) is 0.250. The topological polar surface area (TPSA) is 73.9 Å². The largest absolute Gasteiger partial charge is 0.348 e. The van der Waals surface area contributed by atoms with E-state index in [1.807, 2.05) is 30.5 Å². The first kappa shape index (κ1) is 16.5. The number of aromatic amines is 1. The van der Waals surface area contributed by atoms with Crippen molar-refractivity contribution in [2.45, 2.75) is 25.9 Å². The number of nitrogens with zero attached hydrogens (tertiary/aromatic N) is 3. The summed E-state index contributed by atoms with van der Waals surface area (Å²) in [6.45, 7) is 3.22. The highest BCUT2D eigenvalue weighted by molar-refractivity contribution is 5.88. The number of fused-ring (bicyclic) bond motifs is 1. The van der Waals surface area contributed by atoms with Gasteiger partial charge >= 0.3 is 0 Å². The minimum absolute atomic E-state index is 0.0678. The minimum atomic E-state index is -0.0678. The van der Waals surface area contributed by atoms with Crippen LogP contribution in [0.2, 0.25) is 0 Å². The van der Waals surface area contributed by atoms with Gasteiger partial charge in [-0.15, -0.1) is 0 Å². The Morgan fingerprint density at radius 2 is 2.08 bits per heavy atom. The molecule has 132 valence electrons. The Bertz CT molecular complexity index is 888. The molecule has 6 heteroatoms. The van der Waals surface area contributed by atoms with Gasteiger partial charge in [-0.25, -0.2) is 4.98 Å². The molecule has 0 spiro atoms. The van der Waals surface area contributed by atoms with Crippen molar-refractivity contribution in [1.29, 1.82) is 0 Å². The molecule has 1 aromatic carbocycles. The number of aromatic nitrogens is 3. The monoisotopic (exact) mass is 347 g/mol. The number of benzene rings is 1. The average molecular weight is 347 g/mol. The lowest BCUT2D eigenvalue weighted by Crippen LogP contribution is -2.36. The Hall–Kier alpha value is -2.99. The van der Waals surface area contributed by atoms with Crippen LogP contribution in [-0.2, 0) is 17.8 Å². The van der Waals surface area contributed by atoms with E-state index in [-0.39, 0.29) is 11.9 Å². The van der Waals surface area contributed by atoms with Crippen LogP contribution < -0.4 is 5.32 Å². The van der Waals surface area contributed by atoms with E-state index in [2.05, 4.69) is 43.4 Å². The van der Waals surface area contributed by atoms with Gasteiger partial charge in [0.1, 0.15) is 0 Å². The number of hydrogen-bond donors (Lipinski definition) is 2. The number of rotatable bonds is 4. The van der Waals surface area contributed by atoms with Crippen molar-refractivity contribution >= 4 is 11.6 Å². The van der Waals surface area contributed by atoms with Crippen LogP contribution in [0.5, 0.6) is 0 Å². The molecule has 0 fully saturated rings. The average Bonchev–Trinajstić information content (AvgIpc) is 3.12. The van der Waals surface area contributed by atoms with E-state index in [0.717, 1.165) is 42.1 Å². The molecule has 3 aromatic rings. The molecule has 1 aliphatic rings. The summed E-state index contributed by atoms with van der Waals surface area (Å²) in [5, 5.41) is 2.82. The molecule has 2 aromatic heterocycles. The molecule has 1 aliphatic heterocycles. The Morgan fingerprint density at radius 1 is 1.23 bits per heavy atom. The van der Waals surface area contributed by atoms with Crippen LogP contribution in [0, 0.1) is 0 Å². The van der Waals surface area contributed by atoms with Crippen molar-refractivity contribution in [3.8, 4) is 0 Å². The van der Waals surface area contributed by atoms with Crippen LogP contribution in [0.3, 0.4) is 0 Å². The number of anilines is 1. The van der Waals surface area contributed by atoms with Crippen molar-refractivity contribution in [1.82, 2.24) is 19.9 Å². The smallest absolute Gasteiger partial charge is 0.221 e. The van der Waals surface area contributed by atoms with Gasteiger partial charge in [0.25, 0.3) is 0 Å². The number of nitrogens with one attached hydrogen (secondary N) is 2. The molecule has 0 aliphatic carbocycles. The van der Waals surface area contributed by atoms with Crippen LogP contribution in [0.15, 0.2) is 55.0 Å². The van der Waals surface area contributed by atoms with Crippen LogP contribution in [0.4, 0.5) is 5.69 Å². The summed E-state index contributed by atoms with van der Waals surface area (Å²) in [6.07, 6.45) is 4.55. The highest BCUT2D eigenvalue weighted by Gasteiger charge is 2.31. The predicted octanol–water partition coefficient (Wildman–Crippen LogP) is 2.91. The summed E-state index contributed by atoms with van der Waals surface area (Å²) in [4.78, 5) is 26.0. The highest BCUT2D eigenvalue weighted by Crippen LogP contribution is 2.34. The zero-order valence-electron chi connectivity index (χ0n) is 14.6. The van der Waals surface area contributed by atoms with Gasteiger partial charge < -0.3 is 10.3 Å². The van der Waals surface area contributed by atoms with Crippen LogP contribution in [0.25, 0.3) is 0 Å². The van der Waals surface area contributed by atoms with E-state index in [4.69, 9.17) is 0 Å². The lowest BCUT2D eigenvalue weighted by Gasteiger charge is -2.35. The van der Waals surface area contributed by atoms with Gasteiger partial charge in [0.2, 0.25) is 5.91 Å². The van der Waals surface area contributed by atoms with E-state index in [1.54, 1.807) is 6.33 Å². The standard InChI is InChI=1S/C20H21N5O/c1-14(26)24-16-7-5-15(6-8-16)20-19-18(22-13-23-19)9-11-25(20)12-17-4-2-3-10-21-17/h2-8,10,13,20H,9,11-12H2,1H3,(H,22,23)(H,24,26).